The predicted molar refractivity (Wildman–Crippen MR) is 68.9 cm³/mol. The molecule has 2 unspecified atom stereocenters. The van der Waals surface area contributed by atoms with Crippen LogP contribution in [0.5, 0.6) is 0 Å². The third-order valence-corrected chi connectivity index (χ3v) is 3.57. The summed E-state index contributed by atoms with van der Waals surface area (Å²) in [6.07, 6.45) is 1.18. The molecule has 0 aliphatic carbocycles. The SMILES string of the molecule is CCn1nccc1C(O)C1NCc2ccccc21. The van der Waals surface area contributed by atoms with E-state index in [2.05, 4.69) is 22.5 Å². The summed E-state index contributed by atoms with van der Waals surface area (Å²) in [7, 11) is 0. The zero-order valence-electron chi connectivity index (χ0n) is 10.4. The number of hydrogen-bond acceptors (Lipinski definition) is 3. The maximum absolute atomic E-state index is 10.5. The molecule has 2 heterocycles. The van der Waals surface area contributed by atoms with Gasteiger partial charge in [0.05, 0.1) is 11.7 Å². The minimum absolute atomic E-state index is 0.0387. The summed E-state index contributed by atoms with van der Waals surface area (Å²) in [6, 6.07) is 10.1. The highest BCUT2D eigenvalue weighted by atomic mass is 16.3. The number of fused-ring (bicyclic) bond motifs is 1. The van der Waals surface area contributed by atoms with Crippen molar-refractivity contribution < 1.29 is 5.11 Å². The van der Waals surface area contributed by atoms with Gasteiger partial charge in [-0.3, -0.25) is 4.68 Å². The number of benzene rings is 1. The van der Waals surface area contributed by atoms with Crippen LogP contribution >= 0.6 is 0 Å². The molecule has 4 nitrogen and oxygen atoms in total. The Morgan fingerprint density at radius 3 is 3.11 bits per heavy atom. The number of aliphatic hydroxyl groups excluding tert-OH is 1. The molecule has 0 amide bonds. The van der Waals surface area contributed by atoms with Crippen molar-refractivity contribution in [1.82, 2.24) is 15.1 Å². The van der Waals surface area contributed by atoms with Gasteiger partial charge in [-0.1, -0.05) is 24.3 Å². The first-order valence-corrected chi connectivity index (χ1v) is 6.32. The van der Waals surface area contributed by atoms with E-state index in [9.17, 15) is 5.11 Å². The highest BCUT2D eigenvalue weighted by Crippen LogP contribution is 2.34. The molecule has 94 valence electrons. The second kappa shape index (κ2) is 4.55. The first kappa shape index (κ1) is 11.4. The number of aliphatic hydroxyl groups is 1. The third kappa shape index (κ3) is 1.74. The Labute approximate surface area is 106 Å². The Kier molecular flexibility index (Phi) is 2.89. The van der Waals surface area contributed by atoms with Crippen molar-refractivity contribution >= 4 is 0 Å². The van der Waals surface area contributed by atoms with Crippen LogP contribution in [0, 0.1) is 0 Å². The quantitative estimate of drug-likeness (QED) is 0.864. The Morgan fingerprint density at radius 2 is 2.28 bits per heavy atom. The Hall–Kier alpha value is -1.65. The van der Waals surface area contributed by atoms with Crippen LogP contribution < -0.4 is 5.32 Å². The molecule has 2 aromatic rings. The van der Waals surface area contributed by atoms with Crippen molar-refractivity contribution in [3.8, 4) is 0 Å². The van der Waals surface area contributed by atoms with E-state index in [1.165, 1.54) is 11.1 Å². The molecule has 0 saturated heterocycles. The van der Waals surface area contributed by atoms with Crippen LogP contribution in [0.3, 0.4) is 0 Å². The van der Waals surface area contributed by atoms with Gasteiger partial charge in [0.25, 0.3) is 0 Å². The minimum atomic E-state index is -0.559. The molecule has 4 heteroatoms. The van der Waals surface area contributed by atoms with Gasteiger partial charge >= 0.3 is 0 Å². The van der Waals surface area contributed by atoms with E-state index in [1.54, 1.807) is 6.20 Å². The topological polar surface area (TPSA) is 50.1 Å². The minimum Gasteiger partial charge on any atom is -0.385 e. The fourth-order valence-corrected chi connectivity index (χ4v) is 2.64. The monoisotopic (exact) mass is 243 g/mol. The van der Waals surface area contributed by atoms with E-state index >= 15 is 0 Å². The fraction of sp³-hybridized carbons (Fsp3) is 0.357. The van der Waals surface area contributed by atoms with Crippen LogP contribution in [0.4, 0.5) is 0 Å². The summed E-state index contributed by atoms with van der Waals surface area (Å²) in [6.45, 7) is 3.62. The summed E-state index contributed by atoms with van der Waals surface area (Å²) in [5.74, 6) is 0. The summed E-state index contributed by atoms with van der Waals surface area (Å²) in [5.41, 5.74) is 3.32. The zero-order chi connectivity index (χ0) is 12.5. The van der Waals surface area contributed by atoms with Gasteiger partial charge in [0.2, 0.25) is 0 Å². The molecular weight excluding hydrogens is 226 g/mol. The van der Waals surface area contributed by atoms with Crippen molar-refractivity contribution in [1.29, 1.82) is 0 Å². The molecule has 2 atom stereocenters. The number of aromatic nitrogens is 2. The Morgan fingerprint density at radius 1 is 1.44 bits per heavy atom. The van der Waals surface area contributed by atoms with E-state index in [1.807, 2.05) is 29.8 Å². The molecule has 2 N–H and O–H groups in total. The normalized spacial score (nSPS) is 19.8. The van der Waals surface area contributed by atoms with Gasteiger partial charge in [0.1, 0.15) is 6.10 Å². The molecule has 0 saturated carbocycles. The molecule has 1 aromatic heterocycles. The first-order chi connectivity index (χ1) is 8.81. The van der Waals surface area contributed by atoms with Gasteiger partial charge in [-0.15, -0.1) is 0 Å². The number of nitrogens with zero attached hydrogens (tertiary/aromatic N) is 2. The number of rotatable bonds is 3. The highest BCUT2D eigenvalue weighted by Gasteiger charge is 2.30. The van der Waals surface area contributed by atoms with Gasteiger partial charge in [-0.25, -0.2) is 0 Å². The van der Waals surface area contributed by atoms with Crippen molar-refractivity contribution in [2.75, 3.05) is 0 Å². The lowest BCUT2D eigenvalue weighted by Gasteiger charge is -2.20. The number of nitrogens with one attached hydrogen (secondary N) is 1. The molecule has 1 aromatic carbocycles. The number of hydrogen-bond donors (Lipinski definition) is 2. The van der Waals surface area contributed by atoms with Crippen LogP contribution in [-0.2, 0) is 13.1 Å². The predicted octanol–water partition coefficient (Wildman–Crippen LogP) is 1.78. The van der Waals surface area contributed by atoms with Gasteiger partial charge in [-0.2, -0.15) is 5.10 Å². The average molecular weight is 243 g/mol. The first-order valence-electron chi connectivity index (χ1n) is 6.32. The molecule has 0 bridgehead atoms. The van der Waals surface area contributed by atoms with Gasteiger partial charge in [0, 0.05) is 19.3 Å². The van der Waals surface area contributed by atoms with E-state index in [4.69, 9.17) is 0 Å². The van der Waals surface area contributed by atoms with Gasteiger partial charge in [0.15, 0.2) is 0 Å². The third-order valence-electron chi connectivity index (χ3n) is 3.57. The van der Waals surface area contributed by atoms with Crippen molar-refractivity contribution in [3.63, 3.8) is 0 Å². The summed E-state index contributed by atoms with van der Waals surface area (Å²) in [5, 5.41) is 18.1. The molecular formula is C14H17N3O. The summed E-state index contributed by atoms with van der Waals surface area (Å²) < 4.78 is 1.84. The van der Waals surface area contributed by atoms with Gasteiger partial charge in [-0.05, 0) is 24.1 Å². The van der Waals surface area contributed by atoms with E-state index in [-0.39, 0.29) is 6.04 Å². The summed E-state index contributed by atoms with van der Waals surface area (Å²) in [4.78, 5) is 0. The lowest BCUT2D eigenvalue weighted by Crippen LogP contribution is -2.22. The second-order valence-corrected chi connectivity index (χ2v) is 4.57. The van der Waals surface area contributed by atoms with Crippen molar-refractivity contribution in [2.24, 2.45) is 0 Å². The highest BCUT2D eigenvalue weighted by molar-refractivity contribution is 5.35. The molecule has 3 rings (SSSR count). The van der Waals surface area contributed by atoms with Crippen LogP contribution in [0.2, 0.25) is 0 Å². The van der Waals surface area contributed by atoms with Crippen LogP contribution in [0.15, 0.2) is 36.5 Å². The maximum Gasteiger partial charge on any atom is 0.115 e. The van der Waals surface area contributed by atoms with Gasteiger partial charge < -0.3 is 10.4 Å². The largest absolute Gasteiger partial charge is 0.385 e. The van der Waals surface area contributed by atoms with E-state index < -0.39 is 6.10 Å². The lowest BCUT2D eigenvalue weighted by atomic mass is 9.99. The second-order valence-electron chi connectivity index (χ2n) is 4.57. The summed E-state index contributed by atoms with van der Waals surface area (Å²) >= 11 is 0. The average Bonchev–Trinajstić information content (AvgIpc) is 3.04. The molecule has 0 radical (unpaired) electrons. The molecule has 1 aliphatic rings. The van der Waals surface area contributed by atoms with Crippen molar-refractivity contribution in [2.45, 2.75) is 32.2 Å². The molecule has 18 heavy (non-hydrogen) atoms. The van der Waals surface area contributed by atoms with Crippen LogP contribution in [-0.4, -0.2) is 14.9 Å². The fourth-order valence-electron chi connectivity index (χ4n) is 2.64. The molecule has 1 aliphatic heterocycles. The van der Waals surface area contributed by atoms with Crippen LogP contribution in [0.25, 0.3) is 0 Å². The zero-order valence-corrected chi connectivity index (χ0v) is 10.4. The van der Waals surface area contributed by atoms with E-state index in [0.29, 0.717) is 0 Å². The lowest BCUT2D eigenvalue weighted by molar-refractivity contribution is 0.124. The standard InChI is InChI=1S/C14H17N3O/c1-2-17-12(7-8-16-17)14(18)13-11-6-4-3-5-10(11)9-15-13/h3-8,13-15,18H,2,9H2,1H3. The Bertz CT molecular complexity index is 549. The smallest absolute Gasteiger partial charge is 0.115 e. The van der Waals surface area contributed by atoms with Crippen LogP contribution in [0.1, 0.15) is 35.9 Å². The molecule has 0 spiro atoms. The van der Waals surface area contributed by atoms with Crippen molar-refractivity contribution in [3.05, 3.63) is 53.3 Å². The molecule has 0 fully saturated rings. The Balaban J connectivity index is 1.93. The number of aryl methyl sites for hydroxylation is 1. The van der Waals surface area contributed by atoms with E-state index in [0.717, 1.165) is 18.8 Å². The maximum atomic E-state index is 10.5.